The minimum Gasteiger partial charge on any atom is -0.478 e. The first-order valence-electron chi connectivity index (χ1n) is 5.30. The summed E-state index contributed by atoms with van der Waals surface area (Å²) in [6, 6.07) is 12.1. The predicted octanol–water partition coefficient (Wildman–Crippen LogP) is 3.99. The molecule has 0 amide bonds. The molecular weight excluding hydrogens is 238 g/mol. The van der Waals surface area contributed by atoms with E-state index < -0.39 is 12.4 Å². The van der Waals surface area contributed by atoms with Gasteiger partial charge < -0.3 is 5.11 Å². The Bertz CT molecular complexity index is 562. The molecule has 0 atom stereocenters. The lowest BCUT2D eigenvalue weighted by Gasteiger charge is -2.07. The topological polar surface area (TPSA) is 37.3 Å². The average molecular weight is 248 g/mol. The van der Waals surface area contributed by atoms with Gasteiger partial charge in [-0.1, -0.05) is 42.5 Å². The molecule has 0 heterocycles. The van der Waals surface area contributed by atoms with E-state index in [9.17, 15) is 13.6 Å². The third kappa shape index (κ3) is 2.37. The van der Waals surface area contributed by atoms with Crippen LogP contribution in [0.4, 0.5) is 8.78 Å². The molecule has 0 fully saturated rings. The van der Waals surface area contributed by atoms with E-state index in [1.165, 1.54) is 30.3 Å². The van der Waals surface area contributed by atoms with Gasteiger partial charge >= 0.3 is 5.97 Å². The van der Waals surface area contributed by atoms with Crippen LogP contribution in [0.15, 0.2) is 48.5 Å². The number of aromatic carboxylic acids is 1. The highest BCUT2D eigenvalue weighted by Gasteiger charge is 2.12. The molecule has 0 radical (unpaired) electrons. The SMILES string of the molecule is O=C(O)c1ccccc1-c1ccc(C(F)F)cc1. The van der Waals surface area contributed by atoms with Crippen molar-refractivity contribution in [2.75, 3.05) is 0 Å². The highest BCUT2D eigenvalue weighted by atomic mass is 19.3. The summed E-state index contributed by atoms with van der Waals surface area (Å²) in [6.07, 6.45) is -2.52. The Morgan fingerprint density at radius 2 is 1.61 bits per heavy atom. The molecule has 2 aromatic rings. The van der Waals surface area contributed by atoms with Gasteiger partial charge in [-0.15, -0.1) is 0 Å². The zero-order valence-electron chi connectivity index (χ0n) is 9.31. The molecule has 92 valence electrons. The summed E-state index contributed by atoms with van der Waals surface area (Å²) in [5.74, 6) is -1.04. The zero-order chi connectivity index (χ0) is 13.1. The van der Waals surface area contributed by atoms with Crippen molar-refractivity contribution in [3.8, 4) is 11.1 Å². The molecule has 2 rings (SSSR count). The second-order valence-corrected chi connectivity index (χ2v) is 3.77. The van der Waals surface area contributed by atoms with E-state index >= 15 is 0 Å². The van der Waals surface area contributed by atoms with Gasteiger partial charge in [-0.3, -0.25) is 0 Å². The van der Waals surface area contributed by atoms with Crippen molar-refractivity contribution < 1.29 is 18.7 Å². The Hall–Kier alpha value is -2.23. The van der Waals surface area contributed by atoms with E-state index in [1.807, 2.05) is 0 Å². The lowest BCUT2D eigenvalue weighted by atomic mass is 9.99. The van der Waals surface area contributed by atoms with Crippen LogP contribution in [0.3, 0.4) is 0 Å². The van der Waals surface area contributed by atoms with Gasteiger partial charge in [0.2, 0.25) is 0 Å². The molecule has 1 N–H and O–H groups in total. The third-order valence-electron chi connectivity index (χ3n) is 2.63. The van der Waals surface area contributed by atoms with Crippen molar-refractivity contribution in [1.82, 2.24) is 0 Å². The largest absolute Gasteiger partial charge is 0.478 e. The first-order valence-corrected chi connectivity index (χ1v) is 5.30. The van der Waals surface area contributed by atoms with E-state index in [2.05, 4.69) is 0 Å². The molecule has 4 heteroatoms. The Labute approximate surface area is 103 Å². The highest BCUT2D eigenvalue weighted by Crippen LogP contribution is 2.26. The molecule has 18 heavy (non-hydrogen) atoms. The van der Waals surface area contributed by atoms with E-state index in [1.54, 1.807) is 18.2 Å². The number of alkyl halides is 2. The number of carboxylic acid groups (broad SMARTS) is 1. The molecule has 0 bridgehead atoms. The molecule has 0 unspecified atom stereocenters. The molecule has 0 saturated heterocycles. The number of hydrogen-bond acceptors (Lipinski definition) is 1. The van der Waals surface area contributed by atoms with Crippen molar-refractivity contribution in [2.24, 2.45) is 0 Å². The highest BCUT2D eigenvalue weighted by molar-refractivity contribution is 5.95. The third-order valence-corrected chi connectivity index (χ3v) is 2.63. The van der Waals surface area contributed by atoms with Crippen LogP contribution in [0.2, 0.25) is 0 Å². The number of hydrogen-bond donors (Lipinski definition) is 1. The van der Waals surface area contributed by atoms with Gasteiger partial charge in [0.05, 0.1) is 5.56 Å². The summed E-state index contributed by atoms with van der Waals surface area (Å²) >= 11 is 0. The fourth-order valence-corrected chi connectivity index (χ4v) is 1.73. The van der Waals surface area contributed by atoms with Crippen LogP contribution in [-0.2, 0) is 0 Å². The van der Waals surface area contributed by atoms with Gasteiger partial charge in [0.25, 0.3) is 6.43 Å². The Morgan fingerprint density at radius 1 is 1.00 bits per heavy atom. The van der Waals surface area contributed by atoms with Crippen LogP contribution < -0.4 is 0 Å². The van der Waals surface area contributed by atoms with Crippen molar-refractivity contribution in [2.45, 2.75) is 6.43 Å². The van der Waals surface area contributed by atoms with Crippen LogP contribution in [0, 0.1) is 0 Å². The standard InChI is InChI=1S/C14H10F2O2/c15-13(16)10-7-5-9(6-8-10)11-3-1-2-4-12(11)14(17)18/h1-8,13H,(H,17,18). The minimum atomic E-state index is -2.52. The second-order valence-electron chi connectivity index (χ2n) is 3.77. The summed E-state index contributed by atoms with van der Waals surface area (Å²) in [4.78, 5) is 11.1. The molecule has 0 aliphatic heterocycles. The fraction of sp³-hybridized carbons (Fsp3) is 0.0714. The first-order chi connectivity index (χ1) is 8.59. The molecular formula is C14H10F2O2. The number of halogens is 2. The molecule has 0 saturated carbocycles. The van der Waals surface area contributed by atoms with E-state index in [0.29, 0.717) is 11.1 Å². The zero-order valence-corrected chi connectivity index (χ0v) is 9.31. The van der Waals surface area contributed by atoms with E-state index in [4.69, 9.17) is 5.11 Å². The summed E-state index contributed by atoms with van der Waals surface area (Å²) in [7, 11) is 0. The van der Waals surface area contributed by atoms with Crippen LogP contribution in [0.5, 0.6) is 0 Å². The number of carboxylic acids is 1. The maximum Gasteiger partial charge on any atom is 0.336 e. The van der Waals surface area contributed by atoms with E-state index in [0.717, 1.165) is 0 Å². The van der Waals surface area contributed by atoms with Gasteiger partial charge in [-0.25, -0.2) is 13.6 Å². The smallest absolute Gasteiger partial charge is 0.336 e. The van der Waals surface area contributed by atoms with E-state index in [-0.39, 0.29) is 11.1 Å². The summed E-state index contributed by atoms with van der Waals surface area (Å²) < 4.78 is 24.8. The van der Waals surface area contributed by atoms with Crippen LogP contribution in [0.25, 0.3) is 11.1 Å². The first kappa shape index (κ1) is 12.2. The maximum atomic E-state index is 12.4. The molecule has 0 aliphatic rings. The predicted molar refractivity (Wildman–Crippen MR) is 63.8 cm³/mol. The van der Waals surface area contributed by atoms with Crippen LogP contribution in [0.1, 0.15) is 22.3 Å². The Balaban J connectivity index is 2.46. The number of carbonyl (C=O) groups is 1. The normalized spacial score (nSPS) is 10.6. The molecule has 0 aromatic heterocycles. The number of rotatable bonds is 3. The maximum absolute atomic E-state index is 12.4. The second kappa shape index (κ2) is 4.96. The number of benzene rings is 2. The molecule has 2 aromatic carbocycles. The molecule has 2 nitrogen and oxygen atoms in total. The summed E-state index contributed by atoms with van der Waals surface area (Å²) in [5.41, 5.74) is 1.21. The van der Waals surface area contributed by atoms with Crippen molar-refractivity contribution in [1.29, 1.82) is 0 Å². The van der Waals surface area contributed by atoms with Crippen molar-refractivity contribution in [3.63, 3.8) is 0 Å². The fourth-order valence-electron chi connectivity index (χ4n) is 1.73. The van der Waals surface area contributed by atoms with Gasteiger partial charge in [0.15, 0.2) is 0 Å². The van der Waals surface area contributed by atoms with Crippen molar-refractivity contribution in [3.05, 3.63) is 59.7 Å². The monoisotopic (exact) mass is 248 g/mol. The molecule has 0 aliphatic carbocycles. The Morgan fingerprint density at radius 3 is 2.17 bits per heavy atom. The van der Waals surface area contributed by atoms with Gasteiger partial charge in [0.1, 0.15) is 0 Å². The van der Waals surface area contributed by atoms with Gasteiger partial charge in [0, 0.05) is 5.56 Å². The lowest BCUT2D eigenvalue weighted by molar-refractivity contribution is 0.0697. The van der Waals surface area contributed by atoms with Crippen LogP contribution in [-0.4, -0.2) is 11.1 Å². The summed E-state index contributed by atoms with van der Waals surface area (Å²) in [6.45, 7) is 0. The summed E-state index contributed by atoms with van der Waals surface area (Å²) in [5, 5.41) is 9.05. The lowest BCUT2D eigenvalue weighted by Crippen LogP contribution is -1.99. The van der Waals surface area contributed by atoms with Gasteiger partial charge in [-0.2, -0.15) is 0 Å². The van der Waals surface area contributed by atoms with Crippen molar-refractivity contribution >= 4 is 5.97 Å². The minimum absolute atomic E-state index is 0.0773. The van der Waals surface area contributed by atoms with Gasteiger partial charge in [-0.05, 0) is 17.2 Å². The molecule has 0 spiro atoms. The van der Waals surface area contributed by atoms with Crippen LogP contribution >= 0.6 is 0 Å². The average Bonchev–Trinajstić information content (AvgIpc) is 2.39. The quantitative estimate of drug-likeness (QED) is 0.891. The Kier molecular flexibility index (Phi) is 3.37.